The van der Waals surface area contributed by atoms with Gasteiger partial charge in [-0.1, -0.05) is 18.2 Å². The molecule has 3 N–H and O–H groups in total. The SMILES string of the molecule is NC(=O)CCOc1ccccc1NC(=O)c1cccc(OCc2cscn2)c1. The Bertz CT molecular complexity index is 944. The smallest absolute Gasteiger partial charge is 0.255 e. The number of carbonyl (C=O) groups excluding carboxylic acids is 2. The molecule has 0 bridgehead atoms. The minimum Gasteiger partial charge on any atom is -0.491 e. The normalized spacial score (nSPS) is 10.3. The predicted molar refractivity (Wildman–Crippen MR) is 107 cm³/mol. The van der Waals surface area contributed by atoms with E-state index in [4.69, 9.17) is 15.2 Å². The Labute approximate surface area is 166 Å². The van der Waals surface area contributed by atoms with Gasteiger partial charge in [-0.3, -0.25) is 9.59 Å². The fourth-order valence-corrected chi connectivity index (χ4v) is 2.89. The molecule has 0 saturated heterocycles. The molecule has 0 radical (unpaired) electrons. The zero-order valence-corrected chi connectivity index (χ0v) is 15.8. The Morgan fingerprint density at radius 2 is 1.96 bits per heavy atom. The molecule has 0 fully saturated rings. The molecular weight excluding hydrogens is 378 g/mol. The van der Waals surface area contributed by atoms with Gasteiger partial charge in [-0.2, -0.15) is 0 Å². The molecule has 8 heteroatoms. The van der Waals surface area contributed by atoms with Crippen molar-refractivity contribution in [1.29, 1.82) is 0 Å². The van der Waals surface area contributed by atoms with E-state index in [0.29, 0.717) is 29.4 Å². The van der Waals surface area contributed by atoms with Gasteiger partial charge in [0.1, 0.15) is 18.1 Å². The molecule has 0 unspecified atom stereocenters. The number of hydrogen-bond acceptors (Lipinski definition) is 6. The zero-order valence-electron chi connectivity index (χ0n) is 15.0. The monoisotopic (exact) mass is 397 g/mol. The van der Waals surface area contributed by atoms with Crippen LogP contribution in [0.4, 0.5) is 5.69 Å². The Hall–Kier alpha value is -3.39. The van der Waals surface area contributed by atoms with Crippen molar-refractivity contribution < 1.29 is 19.1 Å². The number of benzene rings is 2. The highest BCUT2D eigenvalue weighted by Crippen LogP contribution is 2.25. The van der Waals surface area contributed by atoms with E-state index in [1.54, 1.807) is 54.0 Å². The van der Waals surface area contributed by atoms with Gasteiger partial charge in [0.2, 0.25) is 5.91 Å². The van der Waals surface area contributed by atoms with Crippen molar-refractivity contribution in [1.82, 2.24) is 4.98 Å². The molecule has 1 heterocycles. The minimum atomic E-state index is -0.448. The van der Waals surface area contributed by atoms with Crippen molar-refractivity contribution in [3.05, 3.63) is 70.7 Å². The average Bonchev–Trinajstić information content (AvgIpc) is 3.21. The van der Waals surface area contributed by atoms with Crippen molar-refractivity contribution in [2.45, 2.75) is 13.0 Å². The van der Waals surface area contributed by atoms with Crippen LogP contribution in [-0.2, 0) is 11.4 Å². The molecule has 3 aromatic rings. The van der Waals surface area contributed by atoms with Crippen LogP contribution in [0.3, 0.4) is 0 Å². The number of thiazole rings is 1. The fourth-order valence-electron chi connectivity index (χ4n) is 2.35. The van der Waals surface area contributed by atoms with Crippen molar-refractivity contribution in [2.24, 2.45) is 5.73 Å². The Morgan fingerprint density at radius 3 is 2.75 bits per heavy atom. The van der Waals surface area contributed by atoms with E-state index in [2.05, 4.69) is 10.3 Å². The van der Waals surface area contributed by atoms with Gasteiger partial charge in [0.15, 0.2) is 0 Å². The highest BCUT2D eigenvalue weighted by Gasteiger charge is 2.11. The average molecular weight is 397 g/mol. The van der Waals surface area contributed by atoms with Crippen LogP contribution in [0.15, 0.2) is 59.4 Å². The summed E-state index contributed by atoms with van der Waals surface area (Å²) in [6.45, 7) is 0.479. The number of aromatic nitrogens is 1. The third-order valence-electron chi connectivity index (χ3n) is 3.71. The van der Waals surface area contributed by atoms with Gasteiger partial charge in [-0.25, -0.2) is 4.98 Å². The molecule has 1 aromatic heterocycles. The number of rotatable bonds is 9. The molecule has 2 amide bonds. The number of primary amides is 1. The Kier molecular flexibility index (Phi) is 6.59. The lowest BCUT2D eigenvalue weighted by atomic mass is 10.2. The second kappa shape index (κ2) is 9.52. The van der Waals surface area contributed by atoms with Gasteiger partial charge in [0.05, 0.1) is 29.9 Å². The number of nitrogens with one attached hydrogen (secondary N) is 1. The van der Waals surface area contributed by atoms with Gasteiger partial charge in [0.25, 0.3) is 5.91 Å². The number of carbonyl (C=O) groups is 2. The molecule has 7 nitrogen and oxygen atoms in total. The molecular formula is C20H19N3O4S. The minimum absolute atomic E-state index is 0.0979. The summed E-state index contributed by atoms with van der Waals surface area (Å²) in [6.07, 6.45) is 0.0979. The fraction of sp³-hybridized carbons (Fsp3) is 0.150. The molecule has 2 aromatic carbocycles. The first kappa shape index (κ1) is 19.4. The van der Waals surface area contributed by atoms with Crippen LogP contribution in [0.25, 0.3) is 0 Å². The van der Waals surface area contributed by atoms with E-state index in [1.165, 1.54) is 11.3 Å². The van der Waals surface area contributed by atoms with Gasteiger partial charge in [-0.15, -0.1) is 11.3 Å². The van der Waals surface area contributed by atoms with Crippen molar-refractivity contribution >= 4 is 28.8 Å². The molecule has 0 spiro atoms. The summed E-state index contributed by atoms with van der Waals surface area (Å²) in [6, 6.07) is 13.9. The highest BCUT2D eigenvalue weighted by atomic mass is 32.1. The Balaban J connectivity index is 1.64. The third-order valence-corrected chi connectivity index (χ3v) is 4.34. The first-order valence-corrected chi connectivity index (χ1v) is 9.47. The maximum absolute atomic E-state index is 12.6. The summed E-state index contributed by atoms with van der Waals surface area (Å²) in [5, 5.41) is 4.72. The molecule has 0 aliphatic carbocycles. The van der Waals surface area contributed by atoms with Gasteiger partial charge in [0, 0.05) is 10.9 Å². The van der Waals surface area contributed by atoms with Crippen LogP contribution >= 0.6 is 11.3 Å². The van der Waals surface area contributed by atoms with Crippen LogP contribution < -0.4 is 20.5 Å². The summed E-state index contributed by atoms with van der Waals surface area (Å²) >= 11 is 1.50. The summed E-state index contributed by atoms with van der Waals surface area (Å²) in [5.41, 5.74) is 8.65. The number of amides is 2. The number of para-hydroxylation sites is 2. The van der Waals surface area contributed by atoms with E-state index < -0.39 is 5.91 Å². The third kappa shape index (κ3) is 5.55. The maximum atomic E-state index is 12.6. The zero-order chi connectivity index (χ0) is 19.8. The van der Waals surface area contributed by atoms with E-state index in [1.807, 2.05) is 5.38 Å². The van der Waals surface area contributed by atoms with Gasteiger partial charge < -0.3 is 20.5 Å². The van der Waals surface area contributed by atoms with E-state index in [9.17, 15) is 9.59 Å². The maximum Gasteiger partial charge on any atom is 0.255 e. The number of hydrogen-bond donors (Lipinski definition) is 2. The van der Waals surface area contributed by atoms with Crippen LogP contribution in [0.2, 0.25) is 0 Å². The summed E-state index contributed by atoms with van der Waals surface area (Å²) in [4.78, 5) is 27.6. The summed E-state index contributed by atoms with van der Waals surface area (Å²) in [7, 11) is 0. The molecule has 0 aliphatic heterocycles. The lowest BCUT2D eigenvalue weighted by molar-refractivity contribution is -0.118. The van der Waals surface area contributed by atoms with Crippen LogP contribution in [0.5, 0.6) is 11.5 Å². The molecule has 144 valence electrons. The topological polar surface area (TPSA) is 104 Å². The number of nitrogens with two attached hydrogens (primary N) is 1. The number of nitrogens with zero attached hydrogens (tertiary/aromatic N) is 1. The second-order valence-electron chi connectivity index (χ2n) is 5.81. The summed E-state index contributed by atoms with van der Waals surface area (Å²) < 4.78 is 11.2. The van der Waals surface area contributed by atoms with Gasteiger partial charge >= 0.3 is 0 Å². The molecule has 28 heavy (non-hydrogen) atoms. The molecule has 0 atom stereocenters. The molecule has 0 saturated carbocycles. The van der Waals surface area contributed by atoms with E-state index in [0.717, 1.165) is 5.69 Å². The van der Waals surface area contributed by atoms with Gasteiger partial charge in [-0.05, 0) is 30.3 Å². The molecule has 0 aliphatic rings. The quantitative estimate of drug-likeness (QED) is 0.577. The first-order chi connectivity index (χ1) is 13.6. The largest absolute Gasteiger partial charge is 0.491 e. The van der Waals surface area contributed by atoms with Crippen molar-refractivity contribution in [3.8, 4) is 11.5 Å². The standard InChI is InChI=1S/C20H19N3O4S/c21-19(24)8-9-26-18-7-2-1-6-17(18)23-20(25)14-4-3-5-16(10-14)27-11-15-12-28-13-22-15/h1-7,10,12-13H,8-9,11H2,(H2,21,24)(H,23,25). The molecule has 3 rings (SSSR count). The van der Waals surface area contributed by atoms with Crippen LogP contribution in [-0.4, -0.2) is 23.4 Å². The Morgan fingerprint density at radius 1 is 1.11 bits per heavy atom. The van der Waals surface area contributed by atoms with Crippen LogP contribution in [0, 0.1) is 0 Å². The lowest BCUT2D eigenvalue weighted by Crippen LogP contribution is -2.16. The summed E-state index contributed by atoms with van der Waals surface area (Å²) in [5.74, 6) is 0.292. The highest BCUT2D eigenvalue weighted by molar-refractivity contribution is 7.07. The van der Waals surface area contributed by atoms with Crippen molar-refractivity contribution in [2.75, 3.05) is 11.9 Å². The first-order valence-electron chi connectivity index (χ1n) is 8.53. The van der Waals surface area contributed by atoms with Crippen LogP contribution in [0.1, 0.15) is 22.5 Å². The van der Waals surface area contributed by atoms with E-state index >= 15 is 0 Å². The predicted octanol–water partition coefficient (Wildman–Crippen LogP) is 3.23. The lowest BCUT2D eigenvalue weighted by Gasteiger charge is -2.12. The van der Waals surface area contributed by atoms with Crippen molar-refractivity contribution in [3.63, 3.8) is 0 Å². The second-order valence-corrected chi connectivity index (χ2v) is 6.53. The van der Waals surface area contributed by atoms with E-state index in [-0.39, 0.29) is 18.9 Å². The number of ether oxygens (including phenoxy) is 2. The number of anilines is 1.